The molecule has 1 amide bonds. The van der Waals surface area contributed by atoms with Crippen molar-refractivity contribution in [3.05, 3.63) is 34.9 Å². The molecule has 0 fully saturated rings. The van der Waals surface area contributed by atoms with E-state index in [4.69, 9.17) is 11.6 Å². The first-order valence-corrected chi connectivity index (χ1v) is 6.28. The van der Waals surface area contributed by atoms with Crippen molar-refractivity contribution in [2.45, 2.75) is 32.4 Å². The lowest BCUT2D eigenvalue weighted by atomic mass is 10.0. The Hall–Kier alpha value is -1.26. The third-order valence-corrected chi connectivity index (χ3v) is 3.07. The first-order chi connectivity index (χ1) is 8.49. The molecule has 0 heterocycles. The van der Waals surface area contributed by atoms with Gasteiger partial charge in [0.25, 0.3) is 0 Å². The van der Waals surface area contributed by atoms with Crippen LogP contribution in [0.5, 0.6) is 0 Å². The van der Waals surface area contributed by atoms with E-state index in [-0.39, 0.29) is 0 Å². The Kier molecular flexibility index (Phi) is 5.44. The molecule has 0 radical (unpaired) electrons. The SMILES string of the molecule is CCCN(C(=O)O)C(c1ccccc1Cl)[C@@H](C)O. The molecular formula is C13H18ClNO3. The molecule has 1 aromatic rings. The molecule has 0 bridgehead atoms. The maximum Gasteiger partial charge on any atom is 0.407 e. The van der Waals surface area contributed by atoms with Crippen molar-refractivity contribution in [1.82, 2.24) is 4.90 Å². The van der Waals surface area contributed by atoms with Gasteiger partial charge in [0.1, 0.15) is 0 Å². The maximum absolute atomic E-state index is 11.3. The highest BCUT2D eigenvalue weighted by Crippen LogP contribution is 2.30. The molecule has 1 unspecified atom stereocenters. The predicted octanol–water partition coefficient (Wildman–Crippen LogP) is 3.15. The Bertz CT molecular complexity index is 409. The van der Waals surface area contributed by atoms with Gasteiger partial charge in [-0.2, -0.15) is 0 Å². The minimum Gasteiger partial charge on any atom is -0.465 e. The summed E-state index contributed by atoms with van der Waals surface area (Å²) in [4.78, 5) is 12.5. The highest BCUT2D eigenvalue weighted by Gasteiger charge is 2.29. The van der Waals surface area contributed by atoms with E-state index in [0.717, 1.165) is 0 Å². The first-order valence-electron chi connectivity index (χ1n) is 5.91. The van der Waals surface area contributed by atoms with Crippen LogP contribution in [0.15, 0.2) is 24.3 Å². The molecule has 0 saturated carbocycles. The summed E-state index contributed by atoms with van der Waals surface area (Å²) in [5.41, 5.74) is 0.630. The third-order valence-electron chi connectivity index (χ3n) is 2.73. The number of hydrogen-bond donors (Lipinski definition) is 2. The lowest BCUT2D eigenvalue weighted by Gasteiger charge is -2.32. The Labute approximate surface area is 112 Å². The smallest absolute Gasteiger partial charge is 0.407 e. The predicted molar refractivity (Wildman–Crippen MR) is 70.9 cm³/mol. The average Bonchev–Trinajstić information content (AvgIpc) is 2.30. The zero-order valence-corrected chi connectivity index (χ0v) is 11.3. The van der Waals surface area contributed by atoms with Crippen LogP contribution < -0.4 is 0 Å². The van der Waals surface area contributed by atoms with Crippen LogP contribution in [-0.2, 0) is 0 Å². The molecule has 5 heteroatoms. The molecule has 0 aliphatic rings. The van der Waals surface area contributed by atoms with Crippen LogP contribution in [0.1, 0.15) is 31.9 Å². The van der Waals surface area contributed by atoms with Crippen molar-refractivity contribution in [3.8, 4) is 0 Å². The van der Waals surface area contributed by atoms with Gasteiger partial charge in [-0.3, -0.25) is 4.90 Å². The van der Waals surface area contributed by atoms with Crippen molar-refractivity contribution in [1.29, 1.82) is 0 Å². The number of rotatable bonds is 5. The van der Waals surface area contributed by atoms with Gasteiger partial charge >= 0.3 is 6.09 Å². The highest BCUT2D eigenvalue weighted by molar-refractivity contribution is 6.31. The second kappa shape index (κ2) is 6.61. The Morgan fingerprint density at radius 2 is 2.06 bits per heavy atom. The van der Waals surface area contributed by atoms with Gasteiger partial charge in [-0.15, -0.1) is 0 Å². The summed E-state index contributed by atoms with van der Waals surface area (Å²) < 4.78 is 0. The average molecular weight is 272 g/mol. The Morgan fingerprint density at radius 1 is 1.44 bits per heavy atom. The summed E-state index contributed by atoms with van der Waals surface area (Å²) in [6.45, 7) is 3.82. The second-order valence-corrected chi connectivity index (χ2v) is 4.59. The summed E-state index contributed by atoms with van der Waals surface area (Å²) in [7, 11) is 0. The molecule has 2 N–H and O–H groups in total. The van der Waals surface area contributed by atoms with E-state index in [1.54, 1.807) is 31.2 Å². The molecule has 0 aliphatic carbocycles. The van der Waals surface area contributed by atoms with Gasteiger partial charge in [0.2, 0.25) is 0 Å². The van der Waals surface area contributed by atoms with Crippen LogP contribution in [0.3, 0.4) is 0 Å². The lowest BCUT2D eigenvalue weighted by Crippen LogP contribution is -2.39. The molecule has 0 saturated heterocycles. The molecule has 0 aliphatic heterocycles. The Balaban J connectivity index is 3.16. The van der Waals surface area contributed by atoms with E-state index in [1.807, 2.05) is 6.92 Å². The van der Waals surface area contributed by atoms with Crippen LogP contribution in [0, 0.1) is 0 Å². The van der Waals surface area contributed by atoms with Gasteiger partial charge in [0.05, 0.1) is 12.1 Å². The molecule has 1 aromatic carbocycles. The number of carbonyl (C=O) groups is 1. The normalized spacial score (nSPS) is 14.0. The summed E-state index contributed by atoms with van der Waals surface area (Å²) >= 11 is 6.08. The molecule has 2 atom stereocenters. The van der Waals surface area contributed by atoms with Gasteiger partial charge in [0.15, 0.2) is 0 Å². The summed E-state index contributed by atoms with van der Waals surface area (Å²) in [6.07, 6.45) is -1.20. The number of benzene rings is 1. The van der Waals surface area contributed by atoms with Crippen molar-refractivity contribution >= 4 is 17.7 Å². The molecule has 100 valence electrons. The number of aliphatic hydroxyl groups is 1. The van der Waals surface area contributed by atoms with Crippen LogP contribution in [-0.4, -0.2) is 33.9 Å². The molecule has 0 spiro atoms. The fraction of sp³-hybridized carbons (Fsp3) is 0.462. The van der Waals surface area contributed by atoms with E-state index >= 15 is 0 Å². The van der Waals surface area contributed by atoms with E-state index in [2.05, 4.69) is 0 Å². The largest absolute Gasteiger partial charge is 0.465 e. The summed E-state index contributed by atoms with van der Waals surface area (Å²) in [5.74, 6) is 0. The van der Waals surface area contributed by atoms with Crippen LogP contribution in [0.25, 0.3) is 0 Å². The molecular weight excluding hydrogens is 254 g/mol. The van der Waals surface area contributed by atoms with Gasteiger partial charge in [-0.1, -0.05) is 36.7 Å². The topological polar surface area (TPSA) is 60.8 Å². The van der Waals surface area contributed by atoms with E-state index in [0.29, 0.717) is 23.6 Å². The monoisotopic (exact) mass is 271 g/mol. The van der Waals surface area contributed by atoms with Gasteiger partial charge in [-0.05, 0) is 25.0 Å². The summed E-state index contributed by atoms with van der Waals surface area (Å²) in [5, 5.41) is 19.6. The number of hydrogen-bond acceptors (Lipinski definition) is 2. The maximum atomic E-state index is 11.3. The van der Waals surface area contributed by atoms with Crippen LogP contribution in [0.2, 0.25) is 5.02 Å². The lowest BCUT2D eigenvalue weighted by molar-refractivity contribution is 0.0568. The number of halogens is 1. The third kappa shape index (κ3) is 3.37. The van der Waals surface area contributed by atoms with Gasteiger partial charge in [0, 0.05) is 11.6 Å². The van der Waals surface area contributed by atoms with E-state index in [1.165, 1.54) is 4.90 Å². The van der Waals surface area contributed by atoms with Crippen molar-refractivity contribution < 1.29 is 15.0 Å². The van der Waals surface area contributed by atoms with Crippen LogP contribution >= 0.6 is 11.6 Å². The van der Waals surface area contributed by atoms with Gasteiger partial charge < -0.3 is 10.2 Å². The first kappa shape index (κ1) is 14.8. The standard InChI is InChI=1S/C13H18ClNO3/c1-3-8-15(13(17)18)12(9(2)16)10-6-4-5-7-11(10)14/h4-7,9,12,16H,3,8H2,1-2H3,(H,17,18)/t9-,12?/m1/s1. The number of nitrogens with zero attached hydrogens (tertiary/aromatic N) is 1. The van der Waals surface area contributed by atoms with Crippen molar-refractivity contribution in [2.24, 2.45) is 0 Å². The molecule has 4 nitrogen and oxygen atoms in total. The summed E-state index contributed by atoms with van der Waals surface area (Å²) in [6, 6.07) is 6.35. The Morgan fingerprint density at radius 3 is 2.50 bits per heavy atom. The highest BCUT2D eigenvalue weighted by atomic mass is 35.5. The van der Waals surface area contributed by atoms with Crippen molar-refractivity contribution in [2.75, 3.05) is 6.54 Å². The second-order valence-electron chi connectivity index (χ2n) is 4.18. The fourth-order valence-corrected chi connectivity index (χ4v) is 2.25. The van der Waals surface area contributed by atoms with Crippen LogP contribution in [0.4, 0.5) is 4.79 Å². The molecule has 1 rings (SSSR count). The minimum atomic E-state index is -1.05. The van der Waals surface area contributed by atoms with E-state index in [9.17, 15) is 15.0 Å². The minimum absolute atomic E-state index is 0.357. The fourth-order valence-electron chi connectivity index (χ4n) is 2.00. The van der Waals surface area contributed by atoms with Crippen molar-refractivity contribution in [3.63, 3.8) is 0 Å². The number of aliphatic hydroxyl groups excluding tert-OH is 1. The van der Waals surface area contributed by atoms with Gasteiger partial charge in [-0.25, -0.2) is 4.79 Å². The number of carboxylic acid groups (broad SMARTS) is 1. The zero-order chi connectivity index (χ0) is 13.7. The molecule has 0 aromatic heterocycles. The zero-order valence-electron chi connectivity index (χ0n) is 10.5. The molecule has 18 heavy (non-hydrogen) atoms. The van der Waals surface area contributed by atoms with E-state index < -0.39 is 18.2 Å². The number of amides is 1. The quantitative estimate of drug-likeness (QED) is 0.865.